The maximum atomic E-state index is 5.73. The molecule has 0 fully saturated rings. The molecule has 0 saturated carbocycles. The number of anilines is 1. The van der Waals surface area contributed by atoms with Gasteiger partial charge in [0.05, 0.1) is 0 Å². The van der Waals surface area contributed by atoms with Gasteiger partial charge < -0.3 is 19.5 Å². The average Bonchev–Trinajstić information content (AvgIpc) is 2.92. The van der Waals surface area contributed by atoms with Gasteiger partial charge in [0.2, 0.25) is 12.7 Å². The highest BCUT2D eigenvalue weighted by molar-refractivity contribution is 5.44. The Morgan fingerprint density at radius 2 is 2.05 bits per heavy atom. The molecule has 0 bridgehead atoms. The van der Waals surface area contributed by atoms with E-state index in [0.29, 0.717) is 18.3 Å². The van der Waals surface area contributed by atoms with Crippen LogP contribution in [0.4, 0.5) is 5.82 Å². The number of ether oxygens (including phenoxy) is 3. The van der Waals surface area contributed by atoms with Crippen LogP contribution in [0.2, 0.25) is 0 Å². The van der Waals surface area contributed by atoms with Crippen LogP contribution in [0.25, 0.3) is 0 Å². The van der Waals surface area contributed by atoms with Gasteiger partial charge in [0, 0.05) is 12.6 Å². The van der Waals surface area contributed by atoms with Gasteiger partial charge in [-0.25, -0.2) is 4.98 Å². The van der Waals surface area contributed by atoms with Crippen molar-refractivity contribution < 1.29 is 14.2 Å². The summed E-state index contributed by atoms with van der Waals surface area (Å²) in [5.74, 6) is 3.52. The number of fused-ring (bicyclic) bond motifs is 1. The van der Waals surface area contributed by atoms with E-state index < -0.39 is 0 Å². The number of hydrogen-bond acceptors (Lipinski definition) is 6. The number of nitrogens with one attached hydrogen (secondary N) is 1. The van der Waals surface area contributed by atoms with E-state index in [1.54, 1.807) is 6.07 Å². The van der Waals surface area contributed by atoms with Crippen LogP contribution in [0.1, 0.15) is 18.3 Å². The second-order valence-corrected chi connectivity index (χ2v) is 4.65. The Labute approximate surface area is 123 Å². The number of aryl methyl sites for hydroxylation is 1. The normalized spacial score (nSPS) is 12.3. The van der Waals surface area contributed by atoms with Gasteiger partial charge in [-0.15, -0.1) is 0 Å². The lowest BCUT2D eigenvalue weighted by molar-refractivity contribution is 0.174. The van der Waals surface area contributed by atoms with Crippen molar-refractivity contribution in [2.24, 2.45) is 0 Å². The molecule has 2 aromatic rings. The average molecular weight is 287 g/mol. The Balaban J connectivity index is 1.69. The molecule has 0 radical (unpaired) electrons. The molecule has 2 heterocycles. The zero-order valence-electron chi connectivity index (χ0n) is 12.0. The number of nitrogens with zero attached hydrogens (tertiary/aromatic N) is 2. The van der Waals surface area contributed by atoms with Gasteiger partial charge >= 0.3 is 0 Å². The van der Waals surface area contributed by atoms with E-state index in [1.165, 1.54) is 0 Å². The number of aromatic nitrogens is 2. The topological polar surface area (TPSA) is 65.5 Å². The Hall–Kier alpha value is -2.50. The molecule has 0 spiro atoms. The Bertz CT molecular complexity index is 646. The summed E-state index contributed by atoms with van der Waals surface area (Å²) in [6.45, 7) is 5.35. The summed E-state index contributed by atoms with van der Waals surface area (Å²) in [4.78, 5) is 8.56. The van der Waals surface area contributed by atoms with Gasteiger partial charge in [0.25, 0.3) is 0 Å². The van der Waals surface area contributed by atoms with Crippen LogP contribution in [-0.4, -0.2) is 23.3 Å². The second kappa shape index (κ2) is 5.87. The molecule has 1 aromatic heterocycles. The van der Waals surface area contributed by atoms with E-state index in [-0.39, 0.29) is 6.79 Å². The number of benzene rings is 1. The fourth-order valence-corrected chi connectivity index (χ4v) is 2.07. The molecule has 0 unspecified atom stereocenters. The molecule has 1 aliphatic heterocycles. The molecule has 1 N–H and O–H groups in total. The molecule has 1 aliphatic rings. The first kappa shape index (κ1) is 13.5. The molecule has 0 atom stereocenters. The fourth-order valence-electron chi connectivity index (χ4n) is 2.07. The minimum absolute atomic E-state index is 0.275. The zero-order chi connectivity index (χ0) is 14.7. The van der Waals surface area contributed by atoms with E-state index in [2.05, 4.69) is 15.3 Å². The molecule has 6 nitrogen and oxygen atoms in total. The third-order valence-corrected chi connectivity index (χ3v) is 3.00. The lowest BCUT2D eigenvalue weighted by Crippen LogP contribution is -2.04. The third-order valence-electron chi connectivity index (χ3n) is 3.00. The van der Waals surface area contributed by atoms with Crippen LogP contribution in [-0.2, 0) is 6.61 Å². The molecule has 1 aromatic carbocycles. The maximum absolute atomic E-state index is 5.73. The standard InChI is InChI=1S/C15H17N3O3/c1-3-16-14-7-15(18-10(2)17-14)19-8-11-4-5-12-13(6-11)21-9-20-12/h4-7H,3,8-9H2,1-2H3,(H,16,17,18). The van der Waals surface area contributed by atoms with E-state index in [4.69, 9.17) is 14.2 Å². The lowest BCUT2D eigenvalue weighted by atomic mass is 10.2. The minimum Gasteiger partial charge on any atom is -0.473 e. The van der Waals surface area contributed by atoms with Gasteiger partial charge in [-0.1, -0.05) is 6.07 Å². The molecule has 0 amide bonds. The predicted octanol–water partition coefficient (Wildman–Crippen LogP) is 2.52. The van der Waals surface area contributed by atoms with Crippen LogP contribution in [0.5, 0.6) is 17.4 Å². The molecular formula is C15H17N3O3. The van der Waals surface area contributed by atoms with Crippen molar-refractivity contribution in [3.8, 4) is 17.4 Å². The highest BCUT2D eigenvalue weighted by Crippen LogP contribution is 2.32. The number of rotatable bonds is 5. The summed E-state index contributed by atoms with van der Waals surface area (Å²) in [6, 6.07) is 7.55. The van der Waals surface area contributed by atoms with Gasteiger partial charge in [-0.2, -0.15) is 4.98 Å². The lowest BCUT2D eigenvalue weighted by Gasteiger charge is -2.09. The second-order valence-electron chi connectivity index (χ2n) is 4.65. The SMILES string of the molecule is CCNc1cc(OCc2ccc3c(c2)OCO3)nc(C)n1. The van der Waals surface area contributed by atoms with Crippen molar-refractivity contribution in [2.75, 3.05) is 18.7 Å². The Morgan fingerprint density at radius 1 is 1.19 bits per heavy atom. The van der Waals surface area contributed by atoms with Gasteiger partial charge in [-0.05, 0) is 31.5 Å². The van der Waals surface area contributed by atoms with E-state index in [1.807, 2.05) is 32.0 Å². The maximum Gasteiger partial charge on any atom is 0.231 e. The largest absolute Gasteiger partial charge is 0.473 e. The van der Waals surface area contributed by atoms with Crippen molar-refractivity contribution in [3.63, 3.8) is 0 Å². The van der Waals surface area contributed by atoms with Gasteiger partial charge in [-0.3, -0.25) is 0 Å². The van der Waals surface area contributed by atoms with Crippen molar-refractivity contribution >= 4 is 5.82 Å². The minimum atomic E-state index is 0.275. The first-order valence-electron chi connectivity index (χ1n) is 6.85. The summed E-state index contributed by atoms with van der Waals surface area (Å²) in [6.07, 6.45) is 0. The molecule has 110 valence electrons. The van der Waals surface area contributed by atoms with E-state index >= 15 is 0 Å². The van der Waals surface area contributed by atoms with Crippen molar-refractivity contribution in [2.45, 2.75) is 20.5 Å². The van der Waals surface area contributed by atoms with Crippen LogP contribution < -0.4 is 19.5 Å². The van der Waals surface area contributed by atoms with E-state index in [0.717, 1.165) is 29.4 Å². The van der Waals surface area contributed by atoms with Crippen molar-refractivity contribution in [3.05, 3.63) is 35.7 Å². The zero-order valence-corrected chi connectivity index (χ0v) is 12.0. The summed E-state index contributed by atoms with van der Waals surface area (Å²) < 4.78 is 16.4. The van der Waals surface area contributed by atoms with E-state index in [9.17, 15) is 0 Å². The van der Waals surface area contributed by atoms with Gasteiger partial charge in [0.15, 0.2) is 11.5 Å². The highest BCUT2D eigenvalue weighted by Gasteiger charge is 2.13. The smallest absolute Gasteiger partial charge is 0.231 e. The molecule has 0 saturated heterocycles. The summed E-state index contributed by atoms with van der Waals surface area (Å²) >= 11 is 0. The molecule has 6 heteroatoms. The van der Waals surface area contributed by atoms with Crippen LogP contribution >= 0.6 is 0 Å². The summed E-state index contributed by atoms with van der Waals surface area (Å²) in [7, 11) is 0. The fraction of sp³-hybridized carbons (Fsp3) is 0.333. The van der Waals surface area contributed by atoms with Crippen LogP contribution in [0.3, 0.4) is 0 Å². The summed E-state index contributed by atoms with van der Waals surface area (Å²) in [5.41, 5.74) is 1.00. The highest BCUT2D eigenvalue weighted by atomic mass is 16.7. The quantitative estimate of drug-likeness (QED) is 0.911. The monoisotopic (exact) mass is 287 g/mol. The molecule has 21 heavy (non-hydrogen) atoms. The van der Waals surface area contributed by atoms with Crippen LogP contribution in [0, 0.1) is 6.92 Å². The first-order chi connectivity index (χ1) is 10.2. The molecule has 3 rings (SSSR count). The van der Waals surface area contributed by atoms with Gasteiger partial charge in [0.1, 0.15) is 18.2 Å². The van der Waals surface area contributed by atoms with Crippen molar-refractivity contribution in [1.29, 1.82) is 0 Å². The Morgan fingerprint density at radius 3 is 2.90 bits per heavy atom. The predicted molar refractivity (Wildman–Crippen MR) is 77.8 cm³/mol. The third kappa shape index (κ3) is 3.16. The first-order valence-corrected chi connectivity index (χ1v) is 6.85. The Kier molecular flexibility index (Phi) is 3.77. The van der Waals surface area contributed by atoms with Crippen LogP contribution in [0.15, 0.2) is 24.3 Å². The summed E-state index contributed by atoms with van der Waals surface area (Å²) in [5, 5.41) is 3.15. The molecular weight excluding hydrogens is 270 g/mol. The van der Waals surface area contributed by atoms with Crippen molar-refractivity contribution in [1.82, 2.24) is 9.97 Å². The molecule has 0 aliphatic carbocycles. The number of hydrogen-bond donors (Lipinski definition) is 1.